The Hall–Kier alpha value is 1.43. The molecule has 18 heavy (non-hydrogen) atoms. The first-order chi connectivity index (χ1) is 6.00. The average molecular weight is 376 g/mol. The van der Waals surface area contributed by atoms with Crippen LogP contribution in [-0.2, 0) is 13.7 Å². The van der Waals surface area contributed by atoms with Crippen LogP contribution in [0.2, 0.25) is 0 Å². The van der Waals surface area contributed by atoms with Gasteiger partial charge < -0.3 is 53.2 Å². The Bertz CT molecular complexity index is 213. The molecular formula is H4AlO12P3SSi. The second-order valence-corrected chi connectivity index (χ2v) is 4.16. The molecule has 0 rings (SSSR count). The minimum absolute atomic E-state index is 0. The van der Waals surface area contributed by atoms with Gasteiger partial charge in [0.15, 0.2) is 0 Å². The Morgan fingerprint density at radius 2 is 0.667 bits per heavy atom. The van der Waals surface area contributed by atoms with Gasteiger partial charge in [-0.1, -0.05) is 0 Å². The van der Waals surface area contributed by atoms with Crippen molar-refractivity contribution in [1.29, 1.82) is 0 Å². The zero-order chi connectivity index (χ0) is 13.5. The molecule has 2 N–H and O–H groups in total. The quantitative estimate of drug-likeness (QED) is 0.295. The first-order valence-electron chi connectivity index (χ1n) is 2.23. The van der Waals surface area contributed by atoms with Gasteiger partial charge in [0.1, 0.15) is 0 Å². The number of rotatable bonds is 0. The van der Waals surface area contributed by atoms with Crippen LogP contribution in [0.1, 0.15) is 0 Å². The number of phosphoric acid groups is 3. The minimum atomic E-state index is -5.39. The Labute approximate surface area is 123 Å². The molecule has 0 saturated heterocycles. The summed E-state index contributed by atoms with van der Waals surface area (Å²) in [5.41, 5.74) is 0. The Balaban J connectivity index is -0.0000000277. The molecule has 0 fully saturated rings. The molecule has 0 bridgehead atoms. The van der Waals surface area contributed by atoms with Crippen molar-refractivity contribution < 1.29 is 57.7 Å². The fourth-order valence-corrected chi connectivity index (χ4v) is 0. The van der Waals surface area contributed by atoms with Crippen molar-refractivity contribution in [3.8, 4) is 0 Å². The zero-order valence-corrected chi connectivity index (χ0v) is 13.7. The van der Waals surface area contributed by atoms with Crippen molar-refractivity contribution in [2.24, 2.45) is 0 Å². The molecule has 0 heterocycles. The molecule has 0 aliphatic heterocycles. The molecule has 0 aliphatic carbocycles. The van der Waals surface area contributed by atoms with Crippen molar-refractivity contribution in [1.82, 2.24) is 0 Å². The van der Waals surface area contributed by atoms with E-state index in [9.17, 15) is 0 Å². The molecule has 0 aliphatic rings. The largest absolute Gasteiger partial charge is 4.00 e. The van der Waals surface area contributed by atoms with Crippen molar-refractivity contribution >= 4 is 65.3 Å². The third-order valence-corrected chi connectivity index (χ3v) is 0. The van der Waals surface area contributed by atoms with Crippen LogP contribution < -0.4 is 34.3 Å². The van der Waals surface area contributed by atoms with E-state index in [0.717, 1.165) is 0 Å². The van der Waals surface area contributed by atoms with E-state index in [0.29, 0.717) is 0 Å². The minimum Gasteiger partial charge on any atom is -0.822 e. The topological polar surface area (TPSA) is 253 Å². The van der Waals surface area contributed by atoms with Crippen LogP contribution in [0.15, 0.2) is 0 Å². The normalized spacial score (nSPS) is 9.83. The number of hydrogen-bond acceptors (Lipinski definition) is 10. The summed E-state index contributed by atoms with van der Waals surface area (Å²) < 4.78 is 25.9. The molecule has 0 saturated carbocycles. The Morgan fingerprint density at radius 1 is 0.667 bits per heavy atom. The van der Waals surface area contributed by atoms with E-state index in [1.54, 1.807) is 0 Å². The molecule has 12 nitrogen and oxygen atoms in total. The summed E-state index contributed by atoms with van der Waals surface area (Å²) in [6.07, 6.45) is 0. The average Bonchev–Trinajstić information content (AvgIpc) is 1.41. The van der Waals surface area contributed by atoms with E-state index >= 15 is 0 Å². The molecule has 104 valence electrons. The molecule has 0 aromatic carbocycles. The molecular weight excluding hydrogens is 372 g/mol. The van der Waals surface area contributed by atoms with E-state index in [2.05, 4.69) is 0 Å². The third kappa shape index (κ3) is 2300. The van der Waals surface area contributed by atoms with Crippen molar-refractivity contribution in [2.75, 3.05) is 0 Å². The first kappa shape index (κ1) is 36.6. The van der Waals surface area contributed by atoms with E-state index in [1.165, 1.54) is 0 Å². The summed E-state index contributed by atoms with van der Waals surface area (Å²) in [4.78, 5) is 74.2. The summed E-state index contributed by atoms with van der Waals surface area (Å²) in [6, 6.07) is 0. The van der Waals surface area contributed by atoms with Gasteiger partial charge in [-0.25, -0.2) is 0 Å². The Morgan fingerprint density at radius 3 is 0.667 bits per heavy atom. The van der Waals surface area contributed by atoms with Gasteiger partial charge in [0.2, 0.25) is 0 Å². The first-order valence-corrected chi connectivity index (χ1v) is 6.68. The maximum atomic E-state index is 8.77. The second-order valence-electron chi connectivity index (χ2n) is 1.39. The van der Waals surface area contributed by atoms with Crippen LogP contribution in [0.4, 0.5) is 0 Å². The van der Waals surface area contributed by atoms with E-state index in [-0.39, 0.29) is 41.8 Å². The van der Waals surface area contributed by atoms with Crippen LogP contribution in [-0.4, -0.2) is 38.1 Å². The van der Waals surface area contributed by atoms with Gasteiger partial charge in [-0.2, -0.15) is 29.1 Å². The van der Waals surface area contributed by atoms with Gasteiger partial charge in [0.05, 0.1) is 0 Å². The number of hydrogen-bond donors (Lipinski definition) is 2. The molecule has 0 spiro atoms. The molecule has 0 aromatic heterocycles. The second kappa shape index (κ2) is 14.8. The van der Waals surface area contributed by atoms with Crippen LogP contribution in [0.5, 0.6) is 0 Å². The summed E-state index contributed by atoms with van der Waals surface area (Å²) in [5.74, 6) is 0. The maximum Gasteiger partial charge on any atom is 4.00 e. The van der Waals surface area contributed by atoms with Gasteiger partial charge in [-0.05, 0) is 0 Å². The smallest absolute Gasteiger partial charge is 0.822 e. The summed E-state index contributed by atoms with van der Waals surface area (Å²) >= 11 is 0. The fourth-order valence-electron chi connectivity index (χ4n) is 0. The van der Waals surface area contributed by atoms with Crippen LogP contribution in [0.3, 0.4) is 0 Å². The van der Waals surface area contributed by atoms with Gasteiger partial charge in [-0.15, -0.1) is 0 Å². The molecule has 0 unspecified atom stereocenters. The van der Waals surface area contributed by atoms with Crippen LogP contribution >= 0.6 is 37.0 Å². The van der Waals surface area contributed by atoms with E-state index in [1.807, 2.05) is 0 Å². The molecule has 0 aromatic rings. The maximum absolute atomic E-state index is 8.77. The summed E-state index contributed by atoms with van der Waals surface area (Å²) in [6.45, 7) is 0. The van der Waals surface area contributed by atoms with Gasteiger partial charge in [0.25, 0.3) is 7.82 Å². The van der Waals surface area contributed by atoms with E-state index in [4.69, 9.17) is 57.7 Å². The standard InChI is InChI=1S/Al.3H3O4P.H2S.Si/c;3*1-5(2,3)4;;/h;3*(H3,1,2,3,4);1H2;/q+3;;;;;+4/p-7. The predicted molar refractivity (Wildman–Crippen MR) is 49.1 cm³/mol. The summed E-state index contributed by atoms with van der Waals surface area (Å²) in [7, 11) is -15.7. The van der Waals surface area contributed by atoms with Crippen molar-refractivity contribution in [3.05, 3.63) is 0 Å². The SMILES string of the molecule is O=P([O-])(O)O.O=P([O-])([O-])[O-].O=P([O-])([O-])[O-].S.[Al+3].[Si+4]. The van der Waals surface area contributed by atoms with Crippen molar-refractivity contribution in [2.45, 2.75) is 0 Å². The van der Waals surface area contributed by atoms with Crippen molar-refractivity contribution in [3.63, 3.8) is 0 Å². The van der Waals surface area contributed by atoms with Gasteiger partial charge in [0, 0.05) is 0 Å². The van der Waals surface area contributed by atoms with Crippen LogP contribution in [0, 0.1) is 0 Å². The predicted octanol–water partition coefficient (Wildman–Crippen LogP) is -7.86. The monoisotopic (exact) mass is 376 g/mol. The Kier molecular flexibility index (Phi) is 30.1. The van der Waals surface area contributed by atoms with Gasteiger partial charge in [-0.3, -0.25) is 4.57 Å². The van der Waals surface area contributed by atoms with Gasteiger partial charge >= 0.3 is 28.3 Å². The van der Waals surface area contributed by atoms with Crippen LogP contribution in [0.25, 0.3) is 0 Å². The fraction of sp³-hybridized carbons (Fsp3) is 0. The molecule has 0 atom stereocenters. The molecule has 18 heteroatoms. The summed E-state index contributed by atoms with van der Waals surface area (Å²) in [5, 5.41) is 0. The zero-order valence-electron chi connectivity index (χ0n) is 7.90. The molecule has 0 radical (unpaired) electrons. The van der Waals surface area contributed by atoms with E-state index < -0.39 is 23.5 Å². The third-order valence-electron chi connectivity index (χ3n) is 0. The molecule has 0 amide bonds.